The SMILES string of the molecule is CCC[C@@H]1CCc2c(sc(NC(=O)CC(=O)OC)c2C(=O)OCC)C1. The number of esters is 2. The molecule has 1 aromatic heterocycles. The maximum Gasteiger partial charge on any atom is 0.341 e. The number of carbonyl (C=O) groups excluding carboxylic acids is 3. The molecule has 1 atom stereocenters. The Morgan fingerprint density at radius 1 is 1.28 bits per heavy atom. The summed E-state index contributed by atoms with van der Waals surface area (Å²) in [5.74, 6) is -0.896. The van der Waals surface area contributed by atoms with Gasteiger partial charge in [0.1, 0.15) is 11.4 Å². The predicted octanol–water partition coefficient (Wildman–Crippen LogP) is 3.33. The van der Waals surface area contributed by atoms with Crippen LogP contribution in [-0.2, 0) is 31.9 Å². The van der Waals surface area contributed by atoms with Crippen LogP contribution in [0.5, 0.6) is 0 Å². The fourth-order valence-electron chi connectivity index (χ4n) is 3.19. The predicted molar refractivity (Wildman–Crippen MR) is 96.0 cm³/mol. The minimum Gasteiger partial charge on any atom is -0.469 e. The van der Waals surface area contributed by atoms with Crippen LogP contribution < -0.4 is 5.32 Å². The van der Waals surface area contributed by atoms with Crippen LogP contribution >= 0.6 is 11.3 Å². The van der Waals surface area contributed by atoms with Gasteiger partial charge in [-0.2, -0.15) is 0 Å². The lowest BCUT2D eigenvalue weighted by Crippen LogP contribution is -2.19. The van der Waals surface area contributed by atoms with Gasteiger partial charge in [-0.05, 0) is 37.7 Å². The van der Waals surface area contributed by atoms with Crippen LogP contribution in [0.3, 0.4) is 0 Å². The van der Waals surface area contributed by atoms with E-state index in [0.29, 0.717) is 16.5 Å². The second kappa shape index (κ2) is 8.99. The Labute approximate surface area is 151 Å². The molecule has 0 aliphatic heterocycles. The highest BCUT2D eigenvalue weighted by Crippen LogP contribution is 2.41. The zero-order valence-corrected chi connectivity index (χ0v) is 15.8. The summed E-state index contributed by atoms with van der Waals surface area (Å²) in [6, 6.07) is 0. The molecule has 1 N–H and O–H groups in total. The quantitative estimate of drug-likeness (QED) is 0.590. The van der Waals surface area contributed by atoms with Gasteiger partial charge in [-0.25, -0.2) is 4.79 Å². The van der Waals surface area contributed by atoms with Gasteiger partial charge >= 0.3 is 11.9 Å². The fourth-order valence-corrected chi connectivity index (χ4v) is 4.56. The number of ether oxygens (including phenoxy) is 2. The van der Waals surface area contributed by atoms with E-state index in [0.717, 1.165) is 42.5 Å². The number of amides is 1. The van der Waals surface area contributed by atoms with Crippen molar-refractivity contribution in [2.24, 2.45) is 5.92 Å². The molecule has 6 nitrogen and oxygen atoms in total. The third-order valence-corrected chi connectivity index (χ3v) is 5.50. The molecule has 25 heavy (non-hydrogen) atoms. The van der Waals surface area contributed by atoms with Crippen molar-refractivity contribution in [2.75, 3.05) is 19.0 Å². The van der Waals surface area contributed by atoms with Crippen molar-refractivity contribution in [1.82, 2.24) is 0 Å². The molecule has 7 heteroatoms. The first-order chi connectivity index (χ1) is 12.0. The molecule has 1 aliphatic carbocycles. The van der Waals surface area contributed by atoms with Crippen LogP contribution in [0.2, 0.25) is 0 Å². The Kier molecular flexibility index (Phi) is 6.99. The molecule has 0 fully saturated rings. The highest BCUT2D eigenvalue weighted by Gasteiger charge is 2.30. The van der Waals surface area contributed by atoms with Crippen molar-refractivity contribution in [2.45, 2.75) is 52.4 Å². The average Bonchev–Trinajstić information content (AvgIpc) is 2.92. The Morgan fingerprint density at radius 3 is 2.68 bits per heavy atom. The minimum atomic E-state index is -0.612. The summed E-state index contributed by atoms with van der Waals surface area (Å²) in [7, 11) is 1.23. The zero-order chi connectivity index (χ0) is 18.4. The van der Waals surface area contributed by atoms with Crippen molar-refractivity contribution < 1.29 is 23.9 Å². The normalized spacial score (nSPS) is 16.0. The van der Waals surface area contributed by atoms with Crippen molar-refractivity contribution in [3.63, 3.8) is 0 Å². The summed E-state index contributed by atoms with van der Waals surface area (Å²) in [6.45, 7) is 4.20. The lowest BCUT2D eigenvalue weighted by Gasteiger charge is -2.21. The van der Waals surface area contributed by atoms with Gasteiger partial charge in [-0.3, -0.25) is 9.59 Å². The molecule has 138 valence electrons. The first-order valence-electron chi connectivity index (χ1n) is 8.68. The molecular formula is C18H25NO5S. The van der Waals surface area contributed by atoms with Crippen LogP contribution in [0.15, 0.2) is 0 Å². The van der Waals surface area contributed by atoms with E-state index in [2.05, 4.69) is 17.0 Å². The number of fused-ring (bicyclic) bond motifs is 1. The number of rotatable bonds is 7. The van der Waals surface area contributed by atoms with Crippen molar-refractivity contribution in [1.29, 1.82) is 0 Å². The van der Waals surface area contributed by atoms with Crippen LogP contribution in [-0.4, -0.2) is 31.6 Å². The number of thiophene rings is 1. The number of anilines is 1. The summed E-state index contributed by atoms with van der Waals surface area (Å²) in [5, 5.41) is 3.18. The molecule has 0 saturated heterocycles. The minimum absolute atomic E-state index is 0.275. The molecular weight excluding hydrogens is 342 g/mol. The molecule has 1 aromatic rings. The maximum atomic E-state index is 12.4. The molecule has 1 aliphatic rings. The zero-order valence-electron chi connectivity index (χ0n) is 15.0. The van der Waals surface area contributed by atoms with Crippen LogP contribution in [0.1, 0.15) is 60.3 Å². The number of carbonyl (C=O) groups is 3. The van der Waals surface area contributed by atoms with Gasteiger partial charge in [0, 0.05) is 4.88 Å². The highest BCUT2D eigenvalue weighted by atomic mass is 32.1. The lowest BCUT2D eigenvalue weighted by atomic mass is 9.84. The average molecular weight is 367 g/mol. The van der Waals surface area contributed by atoms with Crippen LogP contribution in [0, 0.1) is 5.92 Å². The van der Waals surface area contributed by atoms with E-state index in [1.807, 2.05) is 0 Å². The van der Waals surface area contributed by atoms with Gasteiger partial charge in [-0.15, -0.1) is 11.3 Å². The van der Waals surface area contributed by atoms with E-state index in [1.54, 1.807) is 6.92 Å². The highest BCUT2D eigenvalue weighted by molar-refractivity contribution is 7.17. The molecule has 0 radical (unpaired) electrons. The topological polar surface area (TPSA) is 81.7 Å². The van der Waals surface area contributed by atoms with E-state index in [4.69, 9.17) is 4.74 Å². The number of methoxy groups -OCH3 is 1. The van der Waals surface area contributed by atoms with E-state index in [-0.39, 0.29) is 13.0 Å². The van der Waals surface area contributed by atoms with Gasteiger partial charge in [-0.1, -0.05) is 19.8 Å². The Bertz CT molecular complexity index is 652. The number of hydrogen-bond acceptors (Lipinski definition) is 6. The maximum absolute atomic E-state index is 12.4. The van der Waals surface area contributed by atoms with Gasteiger partial charge in [0.05, 0.1) is 19.3 Å². The standard InChI is InChI=1S/C18H25NO5S/c1-4-6-11-7-8-12-13(9-11)25-17(16(12)18(22)24-5-2)19-14(20)10-15(21)23-3/h11H,4-10H2,1-3H3,(H,19,20)/t11-/m1/s1. The van der Waals surface area contributed by atoms with Crippen molar-refractivity contribution in [3.05, 3.63) is 16.0 Å². The Balaban J connectivity index is 2.27. The first-order valence-corrected chi connectivity index (χ1v) is 9.50. The lowest BCUT2D eigenvalue weighted by molar-refractivity contribution is -0.142. The summed E-state index contributed by atoms with van der Waals surface area (Å²) < 4.78 is 9.69. The summed E-state index contributed by atoms with van der Waals surface area (Å²) in [4.78, 5) is 36.9. The third-order valence-electron chi connectivity index (χ3n) is 4.33. The molecule has 1 heterocycles. The Morgan fingerprint density at radius 2 is 2.04 bits per heavy atom. The smallest absolute Gasteiger partial charge is 0.341 e. The second-order valence-electron chi connectivity index (χ2n) is 6.13. The molecule has 2 rings (SSSR count). The van der Waals surface area contributed by atoms with Gasteiger partial charge in [0.15, 0.2) is 0 Å². The second-order valence-corrected chi connectivity index (χ2v) is 7.23. The first kappa shape index (κ1) is 19.4. The summed E-state index contributed by atoms with van der Waals surface area (Å²) >= 11 is 1.42. The van der Waals surface area contributed by atoms with Gasteiger partial charge < -0.3 is 14.8 Å². The van der Waals surface area contributed by atoms with E-state index >= 15 is 0 Å². The van der Waals surface area contributed by atoms with Gasteiger partial charge in [0.25, 0.3) is 0 Å². The summed E-state index contributed by atoms with van der Waals surface area (Å²) in [5.41, 5.74) is 1.44. The Hall–Kier alpha value is -1.89. The van der Waals surface area contributed by atoms with Gasteiger partial charge in [0.2, 0.25) is 5.91 Å². The molecule has 1 amide bonds. The third kappa shape index (κ3) is 4.81. The van der Waals surface area contributed by atoms with Crippen molar-refractivity contribution in [3.8, 4) is 0 Å². The summed E-state index contributed by atoms with van der Waals surface area (Å²) in [6.07, 6.45) is 4.71. The number of hydrogen-bond donors (Lipinski definition) is 1. The molecule has 0 unspecified atom stereocenters. The van der Waals surface area contributed by atoms with E-state index in [9.17, 15) is 14.4 Å². The molecule has 0 spiro atoms. The van der Waals surface area contributed by atoms with E-state index < -0.39 is 17.8 Å². The largest absolute Gasteiger partial charge is 0.469 e. The fraction of sp³-hybridized carbons (Fsp3) is 0.611. The van der Waals surface area contributed by atoms with Crippen LogP contribution in [0.4, 0.5) is 5.00 Å². The number of nitrogens with one attached hydrogen (secondary N) is 1. The van der Waals surface area contributed by atoms with Crippen LogP contribution in [0.25, 0.3) is 0 Å². The van der Waals surface area contributed by atoms with Crippen molar-refractivity contribution >= 4 is 34.2 Å². The monoisotopic (exact) mass is 367 g/mol. The van der Waals surface area contributed by atoms with E-state index in [1.165, 1.54) is 18.4 Å². The molecule has 0 saturated carbocycles. The molecule has 0 aromatic carbocycles. The molecule has 0 bridgehead atoms.